The highest BCUT2D eigenvalue weighted by Crippen LogP contribution is 2.31. The van der Waals surface area contributed by atoms with Crippen molar-refractivity contribution in [1.29, 1.82) is 0 Å². The number of hydrogen-bond acceptors (Lipinski definition) is 3. The van der Waals surface area contributed by atoms with E-state index in [4.69, 9.17) is 0 Å². The maximum Gasteiger partial charge on any atom is 0.0480 e. The molecule has 0 amide bonds. The molecule has 0 spiro atoms. The van der Waals surface area contributed by atoms with E-state index in [2.05, 4.69) is 41.4 Å². The minimum Gasteiger partial charge on any atom is -0.381 e. The molecule has 2 fully saturated rings. The van der Waals surface area contributed by atoms with Crippen molar-refractivity contribution in [3.63, 3.8) is 0 Å². The van der Waals surface area contributed by atoms with Gasteiger partial charge in [0.2, 0.25) is 0 Å². The molecule has 2 aliphatic heterocycles. The molecule has 2 saturated heterocycles. The first-order valence-electron chi connectivity index (χ1n) is 7.59. The summed E-state index contributed by atoms with van der Waals surface area (Å²) in [6, 6.07) is 10.3. The fourth-order valence-corrected chi connectivity index (χ4v) is 4.21. The number of thioether (sulfide) groups is 1. The quantitative estimate of drug-likeness (QED) is 0.841. The lowest BCUT2D eigenvalue weighted by Gasteiger charge is -2.35. The summed E-state index contributed by atoms with van der Waals surface area (Å²) in [6.45, 7) is 4.84. The fourth-order valence-electron chi connectivity index (χ4n) is 3.44. The van der Waals surface area contributed by atoms with Crippen LogP contribution in [0.15, 0.2) is 29.2 Å². The maximum atomic E-state index is 3.80. The highest BCUT2D eigenvalue weighted by Gasteiger charge is 2.31. The summed E-state index contributed by atoms with van der Waals surface area (Å²) in [6.07, 6.45) is 5.43. The van der Waals surface area contributed by atoms with Crippen molar-refractivity contribution in [2.24, 2.45) is 0 Å². The van der Waals surface area contributed by atoms with Gasteiger partial charge in [0.1, 0.15) is 0 Å². The van der Waals surface area contributed by atoms with Crippen molar-refractivity contribution in [2.45, 2.75) is 49.6 Å². The van der Waals surface area contributed by atoms with Gasteiger partial charge in [-0.1, -0.05) is 19.1 Å². The monoisotopic (exact) mass is 276 g/mol. The summed E-state index contributed by atoms with van der Waals surface area (Å²) in [5.41, 5.74) is 1.34. The van der Waals surface area contributed by atoms with Crippen LogP contribution in [0.2, 0.25) is 0 Å². The lowest BCUT2D eigenvalue weighted by Crippen LogP contribution is -2.42. The molecule has 0 radical (unpaired) electrons. The summed E-state index contributed by atoms with van der Waals surface area (Å²) in [4.78, 5) is 4.09. The molecule has 0 bridgehead atoms. The molecular formula is C16H24N2S. The number of fused-ring (bicyclic) bond motifs is 1. The predicted octanol–water partition coefficient (Wildman–Crippen LogP) is 3.84. The van der Waals surface area contributed by atoms with Gasteiger partial charge in [-0.2, -0.15) is 0 Å². The van der Waals surface area contributed by atoms with Crippen molar-refractivity contribution in [3.8, 4) is 0 Å². The zero-order valence-corrected chi connectivity index (χ0v) is 12.6. The minimum atomic E-state index is 0.665. The third-order valence-corrected chi connectivity index (χ3v) is 5.32. The van der Waals surface area contributed by atoms with E-state index in [0.29, 0.717) is 6.04 Å². The number of piperidine rings is 1. The van der Waals surface area contributed by atoms with Gasteiger partial charge in [-0.05, 0) is 50.1 Å². The van der Waals surface area contributed by atoms with Crippen LogP contribution < -0.4 is 5.32 Å². The predicted molar refractivity (Wildman–Crippen MR) is 84.1 cm³/mol. The Morgan fingerprint density at radius 1 is 1.26 bits per heavy atom. The summed E-state index contributed by atoms with van der Waals surface area (Å²) < 4.78 is 0. The smallest absolute Gasteiger partial charge is 0.0480 e. The average molecular weight is 276 g/mol. The molecule has 0 aromatic heterocycles. The van der Waals surface area contributed by atoms with Crippen molar-refractivity contribution in [1.82, 2.24) is 4.90 Å². The average Bonchev–Trinajstić information content (AvgIpc) is 2.89. The largest absolute Gasteiger partial charge is 0.381 e. The van der Waals surface area contributed by atoms with E-state index >= 15 is 0 Å². The summed E-state index contributed by atoms with van der Waals surface area (Å²) >= 11 is 1.94. The minimum absolute atomic E-state index is 0.665. The highest BCUT2D eigenvalue weighted by molar-refractivity contribution is 7.99. The zero-order valence-electron chi connectivity index (χ0n) is 11.8. The second-order valence-electron chi connectivity index (χ2n) is 5.63. The Bertz CT molecular complexity index is 421. The van der Waals surface area contributed by atoms with Crippen LogP contribution in [0, 0.1) is 0 Å². The Hall–Kier alpha value is -0.670. The number of nitrogens with zero attached hydrogens (tertiary/aromatic N) is 1. The van der Waals surface area contributed by atoms with Crippen LogP contribution in [0.1, 0.15) is 32.6 Å². The molecule has 0 saturated carbocycles. The molecular weight excluding hydrogens is 252 g/mol. The molecule has 1 aromatic carbocycles. The van der Waals surface area contributed by atoms with E-state index in [1.54, 1.807) is 0 Å². The second kappa shape index (κ2) is 6.19. The Morgan fingerprint density at radius 3 is 3.05 bits per heavy atom. The zero-order chi connectivity index (χ0) is 13.1. The van der Waals surface area contributed by atoms with Gasteiger partial charge in [0.25, 0.3) is 0 Å². The van der Waals surface area contributed by atoms with Gasteiger partial charge in [0.05, 0.1) is 0 Å². The van der Waals surface area contributed by atoms with Gasteiger partial charge in [-0.15, -0.1) is 11.8 Å². The standard InChI is InChI=1S/C16H24N2S/c1-2-19-16-8-4-3-7-15(16)17-13-9-11-18-10-5-6-14(18)12-13/h3-4,7-8,13-14,17H,2,5-6,9-12H2,1H3. The topological polar surface area (TPSA) is 15.3 Å². The van der Waals surface area contributed by atoms with Crippen molar-refractivity contribution in [3.05, 3.63) is 24.3 Å². The van der Waals surface area contributed by atoms with Crippen molar-refractivity contribution in [2.75, 3.05) is 24.2 Å². The number of hydrogen-bond donors (Lipinski definition) is 1. The van der Waals surface area contributed by atoms with E-state index in [-0.39, 0.29) is 0 Å². The highest BCUT2D eigenvalue weighted by atomic mass is 32.2. The molecule has 1 N–H and O–H groups in total. The van der Waals surface area contributed by atoms with E-state index in [9.17, 15) is 0 Å². The number of nitrogens with one attached hydrogen (secondary N) is 1. The number of rotatable bonds is 4. The van der Waals surface area contributed by atoms with E-state index in [0.717, 1.165) is 11.8 Å². The Balaban J connectivity index is 1.65. The molecule has 2 aliphatic rings. The van der Waals surface area contributed by atoms with Gasteiger partial charge in [0.15, 0.2) is 0 Å². The van der Waals surface area contributed by atoms with Crippen molar-refractivity contribution < 1.29 is 0 Å². The molecule has 104 valence electrons. The molecule has 3 heteroatoms. The van der Waals surface area contributed by atoms with Crippen molar-refractivity contribution >= 4 is 17.4 Å². The maximum absolute atomic E-state index is 3.80. The third kappa shape index (κ3) is 3.09. The lowest BCUT2D eigenvalue weighted by atomic mass is 9.97. The second-order valence-corrected chi connectivity index (χ2v) is 6.93. The van der Waals surface area contributed by atoms with Gasteiger partial charge in [-0.3, -0.25) is 0 Å². The molecule has 2 nitrogen and oxygen atoms in total. The normalized spacial score (nSPS) is 27.2. The first kappa shape index (κ1) is 13.3. The Morgan fingerprint density at radius 2 is 2.16 bits per heavy atom. The number of para-hydroxylation sites is 1. The molecule has 3 rings (SSSR count). The van der Waals surface area contributed by atoms with Crippen LogP contribution in [0.4, 0.5) is 5.69 Å². The first-order chi connectivity index (χ1) is 9.36. The van der Waals surface area contributed by atoms with Crippen LogP contribution in [-0.4, -0.2) is 35.8 Å². The molecule has 2 atom stereocenters. The van der Waals surface area contributed by atoms with Gasteiger partial charge in [-0.25, -0.2) is 0 Å². The summed E-state index contributed by atoms with van der Waals surface area (Å²) in [5.74, 6) is 1.14. The van der Waals surface area contributed by atoms with Gasteiger partial charge >= 0.3 is 0 Å². The summed E-state index contributed by atoms with van der Waals surface area (Å²) in [7, 11) is 0. The first-order valence-corrected chi connectivity index (χ1v) is 8.58. The van der Waals surface area contributed by atoms with E-state index < -0.39 is 0 Å². The SMILES string of the molecule is CCSc1ccccc1NC1CCN2CCCC2C1. The van der Waals surface area contributed by atoms with E-state index in [1.807, 2.05) is 11.8 Å². The van der Waals surface area contributed by atoms with Gasteiger partial charge < -0.3 is 10.2 Å². The van der Waals surface area contributed by atoms with Crippen LogP contribution in [0.3, 0.4) is 0 Å². The summed E-state index contributed by atoms with van der Waals surface area (Å²) in [5, 5.41) is 3.80. The number of anilines is 1. The molecule has 2 unspecified atom stereocenters. The fraction of sp³-hybridized carbons (Fsp3) is 0.625. The van der Waals surface area contributed by atoms with Crippen LogP contribution in [-0.2, 0) is 0 Å². The molecule has 2 heterocycles. The van der Waals surface area contributed by atoms with Crippen LogP contribution >= 0.6 is 11.8 Å². The molecule has 1 aromatic rings. The molecule has 0 aliphatic carbocycles. The number of benzene rings is 1. The van der Waals surface area contributed by atoms with E-state index in [1.165, 1.54) is 49.4 Å². The lowest BCUT2D eigenvalue weighted by molar-refractivity contribution is 0.188. The molecule has 19 heavy (non-hydrogen) atoms. The van der Waals surface area contributed by atoms with Gasteiger partial charge in [0, 0.05) is 29.2 Å². The van der Waals surface area contributed by atoms with Crippen LogP contribution in [0.25, 0.3) is 0 Å². The Kier molecular flexibility index (Phi) is 4.34. The third-order valence-electron chi connectivity index (χ3n) is 4.37. The van der Waals surface area contributed by atoms with Crippen LogP contribution in [0.5, 0.6) is 0 Å². The Labute approximate surface area is 121 Å².